The van der Waals surface area contributed by atoms with Crippen molar-refractivity contribution in [2.75, 3.05) is 23.7 Å². The summed E-state index contributed by atoms with van der Waals surface area (Å²) in [5.41, 5.74) is 5.37. The second-order valence-corrected chi connectivity index (χ2v) is 4.86. The molecule has 0 unspecified atom stereocenters. The van der Waals surface area contributed by atoms with E-state index in [9.17, 15) is 14.9 Å². The number of carbonyl (C=O) groups is 1. The number of anilines is 2. The summed E-state index contributed by atoms with van der Waals surface area (Å²) < 4.78 is 0. The molecule has 108 valence electrons. The van der Waals surface area contributed by atoms with Crippen molar-refractivity contribution < 1.29 is 14.8 Å². The van der Waals surface area contributed by atoms with Crippen LogP contribution in [-0.4, -0.2) is 34.1 Å². The third-order valence-electron chi connectivity index (χ3n) is 3.49. The lowest BCUT2D eigenvalue weighted by molar-refractivity contribution is -0.384. The Labute approximate surface area is 115 Å². The van der Waals surface area contributed by atoms with Crippen molar-refractivity contribution in [1.29, 1.82) is 0 Å². The summed E-state index contributed by atoms with van der Waals surface area (Å²) in [5, 5.41) is 19.4. The largest absolute Gasteiger partial charge is 0.481 e. The number of piperidine rings is 1. The molecule has 2 rings (SSSR count). The molecule has 0 aromatic carbocycles. The van der Waals surface area contributed by atoms with E-state index in [4.69, 9.17) is 10.8 Å². The number of hydrogen-bond donors (Lipinski definition) is 2. The number of aromatic nitrogens is 1. The number of nitrogens with two attached hydrogens (primary N) is 1. The quantitative estimate of drug-likeness (QED) is 0.628. The van der Waals surface area contributed by atoms with Gasteiger partial charge < -0.3 is 15.7 Å². The Morgan fingerprint density at radius 3 is 2.65 bits per heavy atom. The van der Waals surface area contributed by atoms with E-state index in [0.29, 0.717) is 18.9 Å². The first-order chi connectivity index (χ1) is 9.47. The molecule has 1 aromatic rings. The van der Waals surface area contributed by atoms with Gasteiger partial charge in [-0.15, -0.1) is 0 Å². The van der Waals surface area contributed by atoms with Gasteiger partial charge in [0.1, 0.15) is 5.82 Å². The van der Waals surface area contributed by atoms with Crippen LogP contribution in [0.4, 0.5) is 17.3 Å². The van der Waals surface area contributed by atoms with Crippen LogP contribution in [0.15, 0.2) is 12.1 Å². The molecule has 1 aromatic heterocycles. The van der Waals surface area contributed by atoms with Crippen LogP contribution in [0.1, 0.15) is 19.3 Å². The third-order valence-corrected chi connectivity index (χ3v) is 3.49. The SMILES string of the molecule is Nc1nc(N2CCC(CC(=O)O)CC2)ccc1[N+](=O)[O-]. The molecule has 20 heavy (non-hydrogen) atoms. The number of aliphatic carboxylic acids is 1. The highest BCUT2D eigenvalue weighted by atomic mass is 16.6. The van der Waals surface area contributed by atoms with Crippen molar-refractivity contribution in [3.8, 4) is 0 Å². The van der Waals surface area contributed by atoms with Crippen molar-refractivity contribution in [2.45, 2.75) is 19.3 Å². The van der Waals surface area contributed by atoms with Gasteiger partial charge in [-0.1, -0.05) is 0 Å². The fourth-order valence-electron chi connectivity index (χ4n) is 2.40. The molecule has 1 aliphatic rings. The van der Waals surface area contributed by atoms with E-state index in [1.807, 2.05) is 4.90 Å². The Kier molecular flexibility index (Phi) is 4.02. The van der Waals surface area contributed by atoms with E-state index in [0.717, 1.165) is 12.8 Å². The Balaban J connectivity index is 2.02. The minimum atomic E-state index is -0.777. The lowest BCUT2D eigenvalue weighted by atomic mass is 9.94. The summed E-state index contributed by atoms with van der Waals surface area (Å²) in [5.74, 6) is -0.0951. The molecule has 1 saturated heterocycles. The van der Waals surface area contributed by atoms with E-state index in [2.05, 4.69) is 4.98 Å². The molecule has 0 saturated carbocycles. The maximum atomic E-state index is 10.7. The first-order valence-electron chi connectivity index (χ1n) is 6.35. The second kappa shape index (κ2) is 5.72. The molecular weight excluding hydrogens is 264 g/mol. The highest BCUT2D eigenvalue weighted by Gasteiger charge is 2.23. The van der Waals surface area contributed by atoms with Gasteiger partial charge in [-0.2, -0.15) is 0 Å². The first-order valence-corrected chi connectivity index (χ1v) is 6.35. The second-order valence-electron chi connectivity index (χ2n) is 4.86. The van der Waals surface area contributed by atoms with Crippen LogP contribution >= 0.6 is 0 Å². The summed E-state index contributed by atoms with van der Waals surface area (Å²) in [7, 11) is 0. The molecular formula is C12H16N4O4. The Morgan fingerprint density at radius 1 is 1.50 bits per heavy atom. The van der Waals surface area contributed by atoms with Gasteiger partial charge in [-0.05, 0) is 24.8 Å². The predicted molar refractivity (Wildman–Crippen MR) is 72.5 cm³/mol. The highest BCUT2D eigenvalue weighted by molar-refractivity contribution is 5.67. The fraction of sp³-hybridized carbons (Fsp3) is 0.500. The van der Waals surface area contributed by atoms with Crippen molar-refractivity contribution in [3.05, 3.63) is 22.2 Å². The number of nitro groups is 1. The Bertz CT molecular complexity index is 526. The molecule has 0 radical (unpaired) electrons. The first kappa shape index (κ1) is 14.0. The number of pyridine rings is 1. The predicted octanol–water partition coefficient (Wildman–Crippen LogP) is 1.26. The van der Waals surface area contributed by atoms with E-state index >= 15 is 0 Å². The van der Waals surface area contributed by atoms with Gasteiger partial charge in [0.15, 0.2) is 0 Å². The van der Waals surface area contributed by atoms with E-state index in [-0.39, 0.29) is 23.8 Å². The zero-order valence-corrected chi connectivity index (χ0v) is 10.9. The maximum absolute atomic E-state index is 10.7. The lowest BCUT2D eigenvalue weighted by Crippen LogP contribution is -2.35. The molecule has 0 bridgehead atoms. The van der Waals surface area contributed by atoms with Crippen LogP contribution < -0.4 is 10.6 Å². The summed E-state index contributed by atoms with van der Waals surface area (Å²) >= 11 is 0. The molecule has 3 N–H and O–H groups in total. The summed E-state index contributed by atoms with van der Waals surface area (Å²) in [6.07, 6.45) is 1.72. The molecule has 8 heteroatoms. The zero-order chi connectivity index (χ0) is 14.7. The fourth-order valence-corrected chi connectivity index (χ4v) is 2.40. The zero-order valence-electron chi connectivity index (χ0n) is 10.9. The summed E-state index contributed by atoms with van der Waals surface area (Å²) in [6.45, 7) is 1.37. The van der Waals surface area contributed by atoms with Crippen molar-refractivity contribution in [2.24, 2.45) is 5.92 Å². The van der Waals surface area contributed by atoms with Crippen LogP contribution in [0.2, 0.25) is 0 Å². The van der Waals surface area contributed by atoms with Gasteiger partial charge >= 0.3 is 11.7 Å². The maximum Gasteiger partial charge on any atom is 0.311 e. The molecule has 2 heterocycles. The average molecular weight is 280 g/mol. The number of nitrogens with zero attached hydrogens (tertiary/aromatic N) is 3. The van der Waals surface area contributed by atoms with Gasteiger partial charge in [-0.3, -0.25) is 14.9 Å². The van der Waals surface area contributed by atoms with Gasteiger partial charge in [0, 0.05) is 25.6 Å². The standard InChI is InChI=1S/C12H16N4O4/c13-12-9(16(19)20)1-2-10(14-12)15-5-3-8(4-6-15)7-11(17)18/h1-2,8H,3-7H2,(H2,13,14)(H,17,18). The molecule has 0 atom stereocenters. The molecule has 1 aliphatic heterocycles. The Hall–Kier alpha value is -2.38. The van der Waals surface area contributed by atoms with Crippen molar-refractivity contribution in [1.82, 2.24) is 4.98 Å². The number of carboxylic acid groups (broad SMARTS) is 1. The van der Waals surface area contributed by atoms with Gasteiger partial charge in [-0.25, -0.2) is 4.98 Å². The number of nitrogen functional groups attached to an aromatic ring is 1. The van der Waals surface area contributed by atoms with Crippen molar-refractivity contribution in [3.63, 3.8) is 0 Å². The minimum absolute atomic E-state index is 0.0971. The van der Waals surface area contributed by atoms with E-state index in [1.165, 1.54) is 6.07 Å². The topological polar surface area (TPSA) is 123 Å². The van der Waals surface area contributed by atoms with E-state index in [1.54, 1.807) is 6.07 Å². The molecule has 1 fully saturated rings. The van der Waals surface area contributed by atoms with Crippen LogP contribution in [-0.2, 0) is 4.79 Å². The number of rotatable bonds is 4. The molecule has 8 nitrogen and oxygen atoms in total. The smallest absolute Gasteiger partial charge is 0.311 e. The average Bonchev–Trinajstić information content (AvgIpc) is 2.38. The molecule has 0 aliphatic carbocycles. The molecule has 0 amide bonds. The monoisotopic (exact) mass is 280 g/mol. The van der Waals surface area contributed by atoms with Crippen LogP contribution in [0, 0.1) is 16.0 Å². The Morgan fingerprint density at radius 2 is 2.15 bits per heavy atom. The van der Waals surface area contributed by atoms with Crippen molar-refractivity contribution >= 4 is 23.3 Å². The van der Waals surface area contributed by atoms with Crippen LogP contribution in [0.5, 0.6) is 0 Å². The van der Waals surface area contributed by atoms with Crippen LogP contribution in [0.3, 0.4) is 0 Å². The number of hydrogen-bond acceptors (Lipinski definition) is 6. The summed E-state index contributed by atoms with van der Waals surface area (Å²) in [4.78, 5) is 26.8. The minimum Gasteiger partial charge on any atom is -0.481 e. The molecule has 0 spiro atoms. The normalized spacial score (nSPS) is 16.1. The number of carboxylic acids is 1. The summed E-state index contributed by atoms with van der Waals surface area (Å²) in [6, 6.07) is 2.92. The van der Waals surface area contributed by atoms with Gasteiger partial charge in [0.2, 0.25) is 5.82 Å². The van der Waals surface area contributed by atoms with Crippen LogP contribution in [0.25, 0.3) is 0 Å². The highest BCUT2D eigenvalue weighted by Crippen LogP contribution is 2.27. The van der Waals surface area contributed by atoms with Gasteiger partial charge in [0.05, 0.1) is 4.92 Å². The van der Waals surface area contributed by atoms with E-state index < -0.39 is 10.9 Å². The lowest BCUT2D eigenvalue weighted by Gasteiger charge is -2.32. The van der Waals surface area contributed by atoms with Gasteiger partial charge in [0.25, 0.3) is 0 Å². The third kappa shape index (κ3) is 3.14.